The van der Waals surface area contributed by atoms with Gasteiger partial charge in [0.05, 0.1) is 11.9 Å². The van der Waals surface area contributed by atoms with E-state index in [0.29, 0.717) is 0 Å². The van der Waals surface area contributed by atoms with Crippen molar-refractivity contribution in [2.24, 2.45) is 0 Å². The molecule has 0 saturated heterocycles. The van der Waals surface area contributed by atoms with Crippen molar-refractivity contribution in [1.82, 2.24) is 0 Å². The zero-order chi connectivity index (χ0) is 8.31. The average molecular weight is 207 g/mol. The van der Waals surface area contributed by atoms with Gasteiger partial charge in [-0.25, -0.2) is 0 Å². The topological polar surface area (TPSA) is 184 Å². The summed E-state index contributed by atoms with van der Waals surface area (Å²) >= 11 is 0. The third-order valence-corrected chi connectivity index (χ3v) is 0.782. The summed E-state index contributed by atoms with van der Waals surface area (Å²) in [7, 11) is 0. The van der Waals surface area contributed by atoms with Gasteiger partial charge in [-0.1, -0.05) is 0 Å². The number of hydrogen-bond donors (Lipinski definition) is 2. The molecule has 0 aromatic heterocycles. The standard InChI is InChI=1S/C4H6O6.Na.2H2O/c5-1(3(7)8)2(6)4(9)10;;;/h1-2,5-6H,(H,7,8)(H,9,10);;2*1H2/q;+1;;/p-2. The van der Waals surface area contributed by atoms with E-state index in [2.05, 4.69) is 0 Å². The minimum absolute atomic E-state index is 0. The minimum Gasteiger partial charge on any atom is -0.547 e. The summed E-state index contributed by atoms with van der Waals surface area (Å²) in [6, 6.07) is 0. The van der Waals surface area contributed by atoms with E-state index in [1.165, 1.54) is 0 Å². The fourth-order valence-corrected chi connectivity index (χ4v) is 0.258. The molecule has 2 unspecified atom stereocenters. The number of aliphatic hydroxyl groups excluding tert-OH is 2. The molecule has 0 spiro atoms. The van der Waals surface area contributed by atoms with E-state index in [-0.39, 0.29) is 40.5 Å². The summed E-state index contributed by atoms with van der Waals surface area (Å²) in [6.45, 7) is 0. The Balaban J connectivity index is -0.000000135. The first-order chi connectivity index (χ1) is 4.46. The van der Waals surface area contributed by atoms with Crippen molar-refractivity contribution in [3.8, 4) is 0 Å². The van der Waals surface area contributed by atoms with Crippen molar-refractivity contribution in [3.63, 3.8) is 0 Å². The summed E-state index contributed by atoms with van der Waals surface area (Å²) in [5.41, 5.74) is 0. The molecular weight excluding hydrogens is 199 g/mol. The Morgan fingerprint density at radius 2 is 1.08 bits per heavy atom. The van der Waals surface area contributed by atoms with Crippen LogP contribution >= 0.6 is 0 Å². The Hall–Kier alpha value is -0.220. The Labute approximate surface area is 94.7 Å². The number of carboxylic acid groups (broad SMARTS) is 2. The summed E-state index contributed by atoms with van der Waals surface area (Å²) in [5, 5.41) is 35.7. The second-order valence-electron chi connectivity index (χ2n) is 1.53. The van der Waals surface area contributed by atoms with Crippen molar-refractivity contribution >= 4 is 11.9 Å². The van der Waals surface area contributed by atoms with Crippen LogP contribution in [-0.4, -0.2) is 45.3 Å². The summed E-state index contributed by atoms with van der Waals surface area (Å²) < 4.78 is 0. The molecule has 0 amide bonds. The van der Waals surface area contributed by atoms with Crippen molar-refractivity contribution < 1.29 is 70.5 Å². The number of carbonyl (C=O) groups excluding carboxylic acids is 2. The van der Waals surface area contributed by atoms with Gasteiger partial charge in [0.15, 0.2) is 0 Å². The molecule has 0 fully saturated rings. The molecule has 0 aliphatic carbocycles. The van der Waals surface area contributed by atoms with Gasteiger partial charge < -0.3 is 41.0 Å². The first-order valence-corrected chi connectivity index (χ1v) is 2.24. The molecule has 0 bridgehead atoms. The molecule has 74 valence electrons. The van der Waals surface area contributed by atoms with Crippen LogP contribution in [0.4, 0.5) is 0 Å². The monoisotopic (exact) mass is 207 g/mol. The van der Waals surface area contributed by atoms with Crippen molar-refractivity contribution in [3.05, 3.63) is 0 Å². The molecule has 8 nitrogen and oxygen atoms in total. The van der Waals surface area contributed by atoms with E-state index in [9.17, 15) is 19.8 Å². The van der Waals surface area contributed by atoms with E-state index in [1.807, 2.05) is 0 Å². The van der Waals surface area contributed by atoms with Gasteiger partial charge >= 0.3 is 29.6 Å². The van der Waals surface area contributed by atoms with E-state index >= 15 is 0 Å². The van der Waals surface area contributed by atoms with Gasteiger partial charge in [-0.3, -0.25) is 0 Å². The van der Waals surface area contributed by atoms with Gasteiger partial charge in [0, 0.05) is 0 Å². The molecule has 9 heteroatoms. The van der Waals surface area contributed by atoms with Gasteiger partial charge in [0.2, 0.25) is 0 Å². The molecule has 13 heavy (non-hydrogen) atoms. The van der Waals surface area contributed by atoms with E-state index in [0.717, 1.165) is 0 Å². The average Bonchev–Trinajstić information content (AvgIpc) is 1.84. The predicted molar refractivity (Wildman–Crippen MR) is 29.3 cm³/mol. The van der Waals surface area contributed by atoms with Crippen LogP contribution in [0.5, 0.6) is 0 Å². The van der Waals surface area contributed by atoms with Crippen molar-refractivity contribution in [1.29, 1.82) is 0 Å². The Kier molecular flexibility index (Phi) is 17.5. The van der Waals surface area contributed by atoms with Gasteiger partial charge in [0.25, 0.3) is 0 Å². The van der Waals surface area contributed by atoms with Crippen molar-refractivity contribution in [2.75, 3.05) is 0 Å². The van der Waals surface area contributed by atoms with E-state index in [1.54, 1.807) is 0 Å². The van der Waals surface area contributed by atoms with Crippen LogP contribution < -0.4 is 39.8 Å². The van der Waals surface area contributed by atoms with E-state index in [4.69, 9.17) is 10.2 Å². The van der Waals surface area contributed by atoms with Gasteiger partial charge in [-0.15, -0.1) is 0 Å². The Bertz CT molecular complexity index is 140. The molecule has 6 N–H and O–H groups in total. The molecular formula is C4H8NaO8-. The first kappa shape index (κ1) is 23.0. The quantitative estimate of drug-likeness (QED) is 0.432. The molecule has 0 aromatic carbocycles. The number of rotatable bonds is 3. The van der Waals surface area contributed by atoms with Crippen LogP contribution in [0, 0.1) is 0 Å². The van der Waals surface area contributed by atoms with Gasteiger partial charge in [-0.2, -0.15) is 0 Å². The number of carbonyl (C=O) groups is 2. The first-order valence-electron chi connectivity index (χ1n) is 2.24. The predicted octanol–water partition coefficient (Wildman–Crippen LogP) is -9.44. The number of hydrogen-bond acceptors (Lipinski definition) is 6. The molecule has 2 atom stereocenters. The molecule has 0 heterocycles. The molecule has 0 saturated carbocycles. The number of aliphatic hydroxyl groups is 2. The summed E-state index contributed by atoms with van der Waals surface area (Å²) in [4.78, 5) is 19.3. The summed E-state index contributed by atoms with van der Waals surface area (Å²) in [5.74, 6) is -4.12. The molecule has 0 radical (unpaired) electrons. The molecule has 0 aliphatic heterocycles. The number of carboxylic acids is 2. The second-order valence-corrected chi connectivity index (χ2v) is 1.53. The molecule has 0 rings (SSSR count). The summed E-state index contributed by atoms with van der Waals surface area (Å²) in [6.07, 6.45) is -4.88. The fourth-order valence-electron chi connectivity index (χ4n) is 0.258. The third kappa shape index (κ3) is 8.12. The van der Waals surface area contributed by atoms with Gasteiger partial charge in [-0.05, 0) is 0 Å². The van der Waals surface area contributed by atoms with E-state index < -0.39 is 24.1 Å². The SMILES string of the molecule is O.O.O=C([O-])C(O)C(O)C(=O)[O-].[Na+]. The van der Waals surface area contributed by atoms with Crippen LogP contribution in [0.3, 0.4) is 0 Å². The normalized spacial score (nSPS) is 12.2. The largest absolute Gasteiger partial charge is 1.00 e. The minimum atomic E-state index is -2.44. The molecule has 0 aromatic rings. The maximum absolute atomic E-state index is 9.63. The van der Waals surface area contributed by atoms with Crippen molar-refractivity contribution in [2.45, 2.75) is 12.2 Å². The second kappa shape index (κ2) is 9.86. The fraction of sp³-hybridized carbons (Fsp3) is 0.500. The smallest absolute Gasteiger partial charge is 0.547 e. The van der Waals surface area contributed by atoms with Crippen LogP contribution in [0.2, 0.25) is 0 Å². The van der Waals surface area contributed by atoms with Crippen LogP contribution in [0.25, 0.3) is 0 Å². The maximum atomic E-state index is 9.63. The Morgan fingerprint density at radius 1 is 0.923 bits per heavy atom. The zero-order valence-corrected chi connectivity index (χ0v) is 8.68. The maximum Gasteiger partial charge on any atom is 1.00 e. The van der Waals surface area contributed by atoms with Crippen LogP contribution in [0.1, 0.15) is 0 Å². The zero-order valence-electron chi connectivity index (χ0n) is 6.68. The number of aliphatic carboxylic acids is 2. The molecule has 0 aliphatic rings. The Morgan fingerprint density at radius 3 is 1.15 bits per heavy atom. The third-order valence-electron chi connectivity index (χ3n) is 0.782. The van der Waals surface area contributed by atoms with Gasteiger partial charge in [0.1, 0.15) is 12.2 Å². The van der Waals surface area contributed by atoms with Crippen LogP contribution in [0.15, 0.2) is 0 Å². The van der Waals surface area contributed by atoms with Crippen LogP contribution in [-0.2, 0) is 9.59 Å².